The third-order valence-corrected chi connectivity index (χ3v) is 2.22. The van der Waals surface area contributed by atoms with Crippen molar-refractivity contribution in [3.63, 3.8) is 0 Å². The van der Waals surface area contributed by atoms with E-state index in [2.05, 4.69) is 20.9 Å². The molecule has 1 heterocycles. The predicted octanol–water partition coefficient (Wildman–Crippen LogP) is 2.68. The number of aromatic nitrogens is 1. The molecule has 0 aliphatic carbocycles. The van der Waals surface area contributed by atoms with E-state index < -0.39 is 0 Å². The Bertz CT molecular complexity index is 227. The van der Waals surface area contributed by atoms with E-state index in [0.717, 1.165) is 23.2 Å². The maximum atomic E-state index is 5.13. The SMILES string of the molecule is CSOCCc1ccc(Br)cn1. The molecular formula is C8H10BrNOS. The van der Waals surface area contributed by atoms with Gasteiger partial charge in [-0.15, -0.1) is 0 Å². The minimum absolute atomic E-state index is 0.718. The van der Waals surface area contributed by atoms with Crippen molar-refractivity contribution in [2.75, 3.05) is 12.9 Å². The Labute approximate surface area is 85.1 Å². The van der Waals surface area contributed by atoms with Gasteiger partial charge in [-0.1, -0.05) is 0 Å². The van der Waals surface area contributed by atoms with Crippen molar-refractivity contribution in [2.24, 2.45) is 0 Å². The van der Waals surface area contributed by atoms with Gasteiger partial charge in [0.15, 0.2) is 0 Å². The second-order valence-electron chi connectivity index (χ2n) is 2.21. The molecule has 66 valence electrons. The van der Waals surface area contributed by atoms with E-state index in [4.69, 9.17) is 4.18 Å². The highest BCUT2D eigenvalue weighted by molar-refractivity contribution is 9.10. The summed E-state index contributed by atoms with van der Waals surface area (Å²) in [6, 6.07) is 3.98. The topological polar surface area (TPSA) is 22.1 Å². The quantitative estimate of drug-likeness (QED) is 0.604. The first-order valence-electron chi connectivity index (χ1n) is 3.59. The number of nitrogens with zero attached hydrogens (tertiary/aromatic N) is 1. The highest BCUT2D eigenvalue weighted by Crippen LogP contribution is 2.08. The monoisotopic (exact) mass is 247 g/mol. The van der Waals surface area contributed by atoms with E-state index in [0.29, 0.717) is 0 Å². The molecule has 0 atom stereocenters. The minimum atomic E-state index is 0.718. The van der Waals surface area contributed by atoms with Crippen LogP contribution in [0.2, 0.25) is 0 Å². The molecule has 12 heavy (non-hydrogen) atoms. The van der Waals surface area contributed by atoms with Gasteiger partial charge in [-0.05, 0) is 40.1 Å². The standard InChI is InChI=1S/C8H10BrNOS/c1-12-11-5-4-8-3-2-7(9)6-10-8/h2-3,6H,4-5H2,1H3. The molecular weight excluding hydrogens is 238 g/mol. The van der Waals surface area contributed by atoms with Crippen LogP contribution in [0.5, 0.6) is 0 Å². The van der Waals surface area contributed by atoms with Crippen molar-refractivity contribution in [2.45, 2.75) is 6.42 Å². The summed E-state index contributed by atoms with van der Waals surface area (Å²) >= 11 is 4.72. The molecule has 0 saturated heterocycles. The Morgan fingerprint density at radius 3 is 3.00 bits per heavy atom. The van der Waals surface area contributed by atoms with Crippen molar-refractivity contribution in [3.05, 3.63) is 28.5 Å². The molecule has 0 amide bonds. The molecule has 0 N–H and O–H groups in total. The van der Waals surface area contributed by atoms with Crippen LogP contribution in [0, 0.1) is 0 Å². The molecule has 0 aliphatic heterocycles. The third kappa shape index (κ3) is 3.56. The fraction of sp³-hybridized carbons (Fsp3) is 0.375. The van der Waals surface area contributed by atoms with Crippen LogP contribution in [-0.4, -0.2) is 17.8 Å². The van der Waals surface area contributed by atoms with Gasteiger partial charge in [0.2, 0.25) is 0 Å². The highest BCUT2D eigenvalue weighted by atomic mass is 79.9. The molecule has 1 aromatic rings. The number of rotatable bonds is 4. The van der Waals surface area contributed by atoms with Gasteiger partial charge in [0.05, 0.1) is 6.61 Å². The molecule has 0 saturated carbocycles. The van der Waals surface area contributed by atoms with Crippen LogP contribution in [0.25, 0.3) is 0 Å². The molecule has 0 aliphatic rings. The van der Waals surface area contributed by atoms with Crippen molar-refractivity contribution >= 4 is 28.0 Å². The van der Waals surface area contributed by atoms with Crippen LogP contribution in [0.4, 0.5) is 0 Å². The van der Waals surface area contributed by atoms with E-state index in [1.807, 2.05) is 18.4 Å². The molecule has 1 rings (SSSR count). The summed E-state index contributed by atoms with van der Waals surface area (Å²) in [7, 11) is 0. The van der Waals surface area contributed by atoms with Gasteiger partial charge in [-0.2, -0.15) is 0 Å². The summed E-state index contributed by atoms with van der Waals surface area (Å²) in [4.78, 5) is 4.21. The lowest BCUT2D eigenvalue weighted by Gasteiger charge is -1.99. The normalized spacial score (nSPS) is 10.2. The fourth-order valence-corrected chi connectivity index (χ4v) is 1.27. The maximum absolute atomic E-state index is 5.13. The lowest BCUT2D eigenvalue weighted by atomic mass is 10.3. The van der Waals surface area contributed by atoms with E-state index in [9.17, 15) is 0 Å². The second kappa shape index (κ2) is 5.56. The first kappa shape index (κ1) is 10.0. The first-order valence-corrected chi connectivity index (χ1v) is 5.53. The highest BCUT2D eigenvalue weighted by Gasteiger charge is 1.93. The third-order valence-electron chi connectivity index (χ3n) is 1.35. The Balaban J connectivity index is 2.37. The zero-order chi connectivity index (χ0) is 8.81. The molecule has 0 radical (unpaired) electrons. The largest absolute Gasteiger partial charge is 0.315 e. The van der Waals surface area contributed by atoms with Gasteiger partial charge < -0.3 is 4.18 Å². The van der Waals surface area contributed by atoms with Gasteiger partial charge in [0, 0.05) is 29.0 Å². The minimum Gasteiger partial charge on any atom is -0.315 e. The van der Waals surface area contributed by atoms with E-state index in [1.165, 1.54) is 12.0 Å². The number of pyridine rings is 1. The Hall–Kier alpha value is -0.0600. The van der Waals surface area contributed by atoms with Crippen LogP contribution in [0.1, 0.15) is 5.69 Å². The Kier molecular flexibility index (Phi) is 4.65. The van der Waals surface area contributed by atoms with Crippen LogP contribution in [0.3, 0.4) is 0 Å². The average molecular weight is 248 g/mol. The van der Waals surface area contributed by atoms with Crippen LogP contribution < -0.4 is 0 Å². The van der Waals surface area contributed by atoms with Crippen LogP contribution in [-0.2, 0) is 10.6 Å². The lowest BCUT2D eigenvalue weighted by Crippen LogP contribution is -1.95. The predicted molar refractivity (Wildman–Crippen MR) is 55.1 cm³/mol. The molecule has 2 nitrogen and oxygen atoms in total. The molecule has 4 heteroatoms. The van der Waals surface area contributed by atoms with Gasteiger partial charge in [-0.25, -0.2) is 0 Å². The van der Waals surface area contributed by atoms with Gasteiger partial charge in [-0.3, -0.25) is 4.98 Å². The van der Waals surface area contributed by atoms with Crippen molar-refractivity contribution in [1.82, 2.24) is 4.98 Å². The number of halogens is 1. The molecule has 0 bridgehead atoms. The van der Waals surface area contributed by atoms with E-state index in [1.54, 1.807) is 6.20 Å². The molecule has 0 spiro atoms. The molecule has 0 aromatic carbocycles. The average Bonchev–Trinajstić information content (AvgIpc) is 2.09. The van der Waals surface area contributed by atoms with Crippen LogP contribution >= 0.6 is 28.0 Å². The zero-order valence-corrected chi connectivity index (χ0v) is 9.19. The summed E-state index contributed by atoms with van der Waals surface area (Å²) in [6.07, 6.45) is 4.58. The number of hydrogen-bond donors (Lipinski definition) is 0. The second-order valence-corrected chi connectivity index (χ2v) is 3.69. The lowest BCUT2D eigenvalue weighted by molar-refractivity contribution is 0.379. The van der Waals surface area contributed by atoms with Crippen LogP contribution in [0.15, 0.2) is 22.8 Å². The Morgan fingerprint density at radius 2 is 2.42 bits per heavy atom. The molecule has 0 unspecified atom stereocenters. The molecule has 0 fully saturated rings. The van der Waals surface area contributed by atoms with Gasteiger partial charge in [0.1, 0.15) is 0 Å². The van der Waals surface area contributed by atoms with E-state index in [-0.39, 0.29) is 0 Å². The van der Waals surface area contributed by atoms with Gasteiger partial charge >= 0.3 is 0 Å². The van der Waals surface area contributed by atoms with Crippen molar-refractivity contribution < 1.29 is 4.18 Å². The summed E-state index contributed by atoms with van der Waals surface area (Å²) in [5.74, 6) is 0. The van der Waals surface area contributed by atoms with Crippen molar-refractivity contribution in [1.29, 1.82) is 0 Å². The van der Waals surface area contributed by atoms with Gasteiger partial charge in [0.25, 0.3) is 0 Å². The number of hydrogen-bond acceptors (Lipinski definition) is 3. The van der Waals surface area contributed by atoms with E-state index >= 15 is 0 Å². The fourth-order valence-electron chi connectivity index (χ4n) is 0.784. The Morgan fingerprint density at radius 1 is 1.58 bits per heavy atom. The van der Waals surface area contributed by atoms with Crippen molar-refractivity contribution in [3.8, 4) is 0 Å². The zero-order valence-electron chi connectivity index (χ0n) is 6.79. The molecule has 1 aromatic heterocycles. The smallest absolute Gasteiger partial charge is 0.0669 e. The maximum Gasteiger partial charge on any atom is 0.0669 e. The summed E-state index contributed by atoms with van der Waals surface area (Å²) in [5.41, 5.74) is 1.06. The first-order chi connectivity index (χ1) is 5.83. The summed E-state index contributed by atoms with van der Waals surface area (Å²) in [6.45, 7) is 0.718. The summed E-state index contributed by atoms with van der Waals surface area (Å²) in [5, 5.41) is 0. The summed E-state index contributed by atoms with van der Waals surface area (Å²) < 4.78 is 6.14.